The van der Waals surface area contributed by atoms with Gasteiger partial charge in [0.25, 0.3) is 5.91 Å². The second-order valence-electron chi connectivity index (χ2n) is 6.16. The molecule has 0 radical (unpaired) electrons. The Morgan fingerprint density at radius 2 is 2.08 bits per heavy atom. The number of halogens is 1. The summed E-state index contributed by atoms with van der Waals surface area (Å²) in [4.78, 5) is 16.4. The van der Waals surface area contributed by atoms with Gasteiger partial charge in [0.05, 0.1) is 12.5 Å². The van der Waals surface area contributed by atoms with Crippen molar-refractivity contribution in [1.29, 1.82) is 0 Å². The van der Waals surface area contributed by atoms with Crippen molar-refractivity contribution in [2.24, 2.45) is 7.05 Å². The molecule has 4 rings (SSSR count). The van der Waals surface area contributed by atoms with Gasteiger partial charge in [0.15, 0.2) is 5.82 Å². The van der Waals surface area contributed by atoms with Gasteiger partial charge in [0.1, 0.15) is 17.3 Å². The molecule has 0 saturated carbocycles. The fourth-order valence-electron chi connectivity index (χ4n) is 3.09. The second kappa shape index (κ2) is 6.12. The summed E-state index contributed by atoms with van der Waals surface area (Å²) in [5.74, 6) is 1.13. The van der Waals surface area contributed by atoms with Crippen molar-refractivity contribution in [1.82, 2.24) is 29.6 Å². The lowest BCUT2D eigenvalue weighted by Gasteiger charge is -2.25. The molecule has 1 atom stereocenters. The van der Waals surface area contributed by atoms with Crippen LogP contribution in [0.5, 0.6) is 0 Å². The molecule has 7 nitrogen and oxygen atoms in total. The molecule has 3 aromatic rings. The van der Waals surface area contributed by atoms with Gasteiger partial charge in [-0.2, -0.15) is 0 Å². The molecule has 0 spiro atoms. The van der Waals surface area contributed by atoms with Crippen molar-refractivity contribution in [3.63, 3.8) is 0 Å². The van der Waals surface area contributed by atoms with E-state index in [1.54, 1.807) is 36.3 Å². The molecule has 1 unspecified atom stereocenters. The van der Waals surface area contributed by atoms with Crippen LogP contribution in [-0.4, -0.2) is 36.3 Å². The number of carbonyl (C=O) groups excluding carboxylic acids is 1. The number of benzene rings is 1. The smallest absolute Gasteiger partial charge is 0.269 e. The first-order valence-corrected chi connectivity index (χ1v) is 8.07. The van der Waals surface area contributed by atoms with Gasteiger partial charge < -0.3 is 14.5 Å². The van der Waals surface area contributed by atoms with E-state index in [0.717, 1.165) is 24.2 Å². The Balaban J connectivity index is 1.54. The molecule has 2 aromatic heterocycles. The minimum absolute atomic E-state index is 0.0231. The van der Waals surface area contributed by atoms with Crippen molar-refractivity contribution in [2.75, 3.05) is 0 Å². The third-order valence-electron chi connectivity index (χ3n) is 4.43. The summed E-state index contributed by atoms with van der Waals surface area (Å²) in [6, 6.07) is 6.16. The van der Waals surface area contributed by atoms with Crippen molar-refractivity contribution in [3.8, 4) is 11.4 Å². The van der Waals surface area contributed by atoms with Crippen LogP contribution in [0.4, 0.5) is 4.39 Å². The molecule has 3 heterocycles. The van der Waals surface area contributed by atoms with E-state index in [1.807, 2.05) is 4.57 Å². The van der Waals surface area contributed by atoms with E-state index in [2.05, 4.69) is 20.5 Å². The Labute approximate surface area is 143 Å². The maximum absolute atomic E-state index is 13.1. The Bertz CT molecular complexity index is 914. The number of nitrogens with one attached hydrogen (secondary N) is 1. The van der Waals surface area contributed by atoms with Crippen LogP contribution < -0.4 is 5.32 Å². The summed E-state index contributed by atoms with van der Waals surface area (Å²) in [5, 5.41) is 11.5. The van der Waals surface area contributed by atoms with E-state index >= 15 is 0 Å². The van der Waals surface area contributed by atoms with Gasteiger partial charge >= 0.3 is 0 Å². The first kappa shape index (κ1) is 15.5. The summed E-state index contributed by atoms with van der Waals surface area (Å²) < 4.78 is 16.8. The van der Waals surface area contributed by atoms with Crippen molar-refractivity contribution >= 4 is 5.91 Å². The van der Waals surface area contributed by atoms with Gasteiger partial charge in [-0.3, -0.25) is 4.79 Å². The maximum Gasteiger partial charge on any atom is 0.269 e. The van der Waals surface area contributed by atoms with Crippen LogP contribution in [0.1, 0.15) is 22.7 Å². The number of nitrogens with zero attached hydrogens (tertiary/aromatic N) is 5. The zero-order valence-corrected chi connectivity index (χ0v) is 13.7. The number of carbonyl (C=O) groups is 1. The molecule has 0 fully saturated rings. The lowest BCUT2D eigenvalue weighted by molar-refractivity contribution is 0.0919. The number of aryl methyl sites for hydroxylation is 2. The van der Waals surface area contributed by atoms with E-state index in [0.29, 0.717) is 18.1 Å². The number of aromatic nitrogens is 5. The fourth-order valence-corrected chi connectivity index (χ4v) is 3.09. The van der Waals surface area contributed by atoms with Gasteiger partial charge in [0.2, 0.25) is 0 Å². The van der Waals surface area contributed by atoms with Crippen LogP contribution in [0.3, 0.4) is 0 Å². The largest absolute Gasteiger partial charge is 0.346 e. The molecule has 0 saturated heterocycles. The van der Waals surface area contributed by atoms with Crippen molar-refractivity contribution in [2.45, 2.75) is 25.4 Å². The predicted molar refractivity (Wildman–Crippen MR) is 88.2 cm³/mol. The molecule has 0 bridgehead atoms. The molecule has 0 aliphatic carbocycles. The molecular formula is C17H17FN6O. The highest BCUT2D eigenvalue weighted by Gasteiger charge is 2.25. The van der Waals surface area contributed by atoms with Crippen LogP contribution >= 0.6 is 0 Å². The zero-order valence-electron chi connectivity index (χ0n) is 13.7. The van der Waals surface area contributed by atoms with E-state index in [1.165, 1.54) is 12.1 Å². The van der Waals surface area contributed by atoms with Gasteiger partial charge in [-0.05, 0) is 30.7 Å². The van der Waals surface area contributed by atoms with Gasteiger partial charge in [-0.15, -0.1) is 10.2 Å². The number of fused-ring (bicyclic) bond motifs is 1. The summed E-state index contributed by atoms with van der Waals surface area (Å²) in [7, 11) is 1.79. The second-order valence-corrected chi connectivity index (χ2v) is 6.16. The van der Waals surface area contributed by atoms with E-state index in [4.69, 9.17) is 0 Å². The number of hydrogen-bond donors (Lipinski definition) is 1. The van der Waals surface area contributed by atoms with Gasteiger partial charge in [-0.1, -0.05) is 0 Å². The van der Waals surface area contributed by atoms with E-state index in [-0.39, 0.29) is 17.8 Å². The molecule has 128 valence electrons. The third-order valence-corrected chi connectivity index (χ3v) is 4.43. The monoisotopic (exact) mass is 340 g/mol. The van der Waals surface area contributed by atoms with Crippen LogP contribution in [0, 0.1) is 5.82 Å². The standard InChI is InChI=1S/C17H17FN6O/c1-23-10-19-8-14(23)17(25)20-13-6-7-15-21-22-16(24(15)9-13)11-2-4-12(18)5-3-11/h2-5,8,10,13H,6-7,9H2,1H3,(H,20,25). The predicted octanol–water partition coefficient (Wildman–Crippen LogP) is 1.56. The van der Waals surface area contributed by atoms with Crippen LogP contribution in [-0.2, 0) is 20.0 Å². The van der Waals surface area contributed by atoms with E-state index < -0.39 is 0 Å². The summed E-state index contributed by atoms with van der Waals surface area (Å²) in [6.45, 7) is 0.582. The summed E-state index contributed by atoms with van der Waals surface area (Å²) in [6.07, 6.45) is 4.67. The normalized spacial score (nSPS) is 16.5. The van der Waals surface area contributed by atoms with Crippen LogP contribution in [0.15, 0.2) is 36.8 Å². The Hall–Kier alpha value is -3.03. The summed E-state index contributed by atoms with van der Waals surface area (Å²) in [5.41, 5.74) is 1.33. The fraction of sp³-hybridized carbons (Fsp3) is 0.294. The average molecular weight is 340 g/mol. The molecule has 1 N–H and O–H groups in total. The average Bonchev–Trinajstić information content (AvgIpc) is 3.21. The van der Waals surface area contributed by atoms with Crippen molar-refractivity contribution in [3.05, 3.63) is 54.1 Å². The highest BCUT2D eigenvalue weighted by atomic mass is 19.1. The molecule has 8 heteroatoms. The molecule has 1 amide bonds. The molecule has 25 heavy (non-hydrogen) atoms. The topological polar surface area (TPSA) is 77.6 Å². The Morgan fingerprint density at radius 1 is 1.28 bits per heavy atom. The minimum Gasteiger partial charge on any atom is -0.346 e. The van der Waals surface area contributed by atoms with Crippen molar-refractivity contribution < 1.29 is 9.18 Å². The highest BCUT2D eigenvalue weighted by molar-refractivity contribution is 5.92. The molecular weight excluding hydrogens is 323 g/mol. The molecule has 1 aliphatic heterocycles. The van der Waals surface area contributed by atoms with Crippen LogP contribution in [0.25, 0.3) is 11.4 Å². The molecule has 1 aliphatic rings. The van der Waals surface area contributed by atoms with Gasteiger partial charge in [-0.25, -0.2) is 9.37 Å². The number of rotatable bonds is 3. The Kier molecular flexibility index (Phi) is 3.79. The highest BCUT2D eigenvalue weighted by Crippen LogP contribution is 2.23. The molecule has 1 aromatic carbocycles. The van der Waals surface area contributed by atoms with Gasteiger partial charge in [0, 0.05) is 31.6 Å². The lowest BCUT2D eigenvalue weighted by atomic mass is 10.1. The Morgan fingerprint density at radius 3 is 2.80 bits per heavy atom. The number of amides is 1. The van der Waals surface area contributed by atoms with Crippen LogP contribution in [0.2, 0.25) is 0 Å². The maximum atomic E-state index is 13.1. The summed E-state index contributed by atoms with van der Waals surface area (Å²) >= 11 is 0. The SMILES string of the molecule is Cn1cncc1C(=O)NC1CCc2nnc(-c3ccc(F)cc3)n2C1. The third kappa shape index (κ3) is 2.90. The number of hydrogen-bond acceptors (Lipinski definition) is 4. The quantitative estimate of drug-likeness (QED) is 0.785. The number of imidazole rings is 1. The van der Waals surface area contributed by atoms with E-state index in [9.17, 15) is 9.18 Å². The first-order chi connectivity index (χ1) is 12.1. The first-order valence-electron chi connectivity index (χ1n) is 8.07. The zero-order chi connectivity index (χ0) is 17.4. The minimum atomic E-state index is -0.288. The lowest BCUT2D eigenvalue weighted by Crippen LogP contribution is -2.41.